The van der Waals surface area contributed by atoms with E-state index in [1.807, 2.05) is 25.1 Å². The van der Waals surface area contributed by atoms with Crippen molar-refractivity contribution in [3.05, 3.63) is 67.1 Å². The van der Waals surface area contributed by atoms with Crippen molar-refractivity contribution in [2.45, 2.75) is 6.92 Å². The predicted octanol–water partition coefficient (Wildman–Crippen LogP) is 6.52. The van der Waals surface area contributed by atoms with Crippen LogP contribution in [0.3, 0.4) is 0 Å². The molecule has 8 heteroatoms. The first kappa shape index (κ1) is 19.3. The van der Waals surface area contributed by atoms with Gasteiger partial charge in [0.25, 0.3) is 0 Å². The lowest BCUT2D eigenvalue weighted by molar-refractivity contribution is -0.129. The monoisotopic (exact) mass is 451 g/mol. The molecule has 0 bridgehead atoms. The van der Waals surface area contributed by atoms with Crippen molar-refractivity contribution in [3.63, 3.8) is 0 Å². The van der Waals surface area contributed by atoms with Gasteiger partial charge in [-0.1, -0.05) is 46.9 Å². The molecule has 2 heterocycles. The predicted molar refractivity (Wildman–Crippen MR) is 115 cm³/mol. The molecule has 142 valence electrons. The van der Waals surface area contributed by atoms with Crippen molar-refractivity contribution < 1.29 is 14.3 Å². The Labute approximate surface area is 179 Å². The van der Waals surface area contributed by atoms with E-state index in [-0.39, 0.29) is 11.6 Å². The van der Waals surface area contributed by atoms with Crippen molar-refractivity contribution in [2.24, 2.45) is 4.99 Å². The van der Waals surface area contributed by atoms with E-state index in [0.29, 0.717) is 25.3 Å². The molecule has 0 fully saturated rings. The fourth-order valence-electron chi connectivity index (χ4n) is 2.91. The third kappa shape index (κ3) is 3.29. The fraction of sp³-hybridized carbons (Fsp3) is 0.100. The molecule has 0 aliphatic carbocycles. The number of rotatable bonds is 3. The highest BCUT2D eigenvalue weighted by molar-refractivity contribution is 7.21. The van der Waals surface area contributed by atoms with Crippen molar-refractivity contribution in [1.29, 1.82) is 0 Å². The number of benzene rings is 2. The number of thiophene rings is 1. The van der Waals surface area contributed by atoms with Gasteiger partial charge in [0, 0.05) is 15.1 Å². The van der Waals surface area contributed by atoms with Gasteiger partial charge in [0.1, 0.15) is 10.6 Å². The maximum atomic E-state index is 12.4. The zero-order valence-corrected chi connectivity index (χ0v) is 17.8. The zero-order chi connectivity index (χ0) is 20.0. The average Bonchev–Trinajstić information content (AvgIpc) is 3.17. The van der Waals surface area contributed by atoms with Crippen LogP contribution in [0.15, 0.2) is 41.0 Å². The van der Waals surface area contributed by atoms with E-state index < -0.39 is 5.97 Å². The molecule has 0 radical (unpaired) electrons. The number of esters is 1. The summed E-state index contributed by atoms with van der Waals surface area (Å²) < 4.78 is 11.5. The number of halogens is 3. The van der Waals surface area contributed by atoms with Crippen LogP contribution in [0, 0.1) is 6.92 Å². The summed E-state index contributed by atoms with van der Waals surface area (Å²) in [5.41, 5.74) is 1.90. The van der Waals surface area contributed by atoms with Crippen LogP contribution >= 0.6 is 46.1 Å². The Morgan fingerprint density at radius 2 is 2.00 bits per heavy atom. The second kappa shape index (κ2) is 7.41. The first-order valence-electron chi connectivity index (χ1n) is 8.12. The number of cyclic esters (lactones) is 1. The van der Waals surface area contributed by atoms with E-state index in [9.17, 15) is 4.79 Å². The number of hydrogen-bond donors (Lipinski definition) is 0. The minimum absolute atomic E-state index is 0.148. The van der Waals surface area contributed by atoms with Gasteiger partial charge in [-0.2, -0.15) is 0 Å². The molecule has 1 aliphatic heterocycles. The van der Waals surface area contributed by atoms with Gasteiger partial charge >= 0.3 is 5.97 Å². The van der Waals surface area contributed by atoms with E-state index in [0.717, 1.165) is 21.6 Å². The molecule has 0 amide bonds. The zero-order valence-electron chi connectivity index (χ0n) is 14.7. The summed E-state index contributed by atoms with van der Waals surface area (Å²) in [6.07, 6.45) is 1.66. The van der Waals surface area contributed by atoms with E-state index in [1.165, 1.54) is 11.3 Å². The van der Waals surface area contributed by atoms with Gasteiger partial charge in [-0.05, 0) is 42.3 Å². The maximum absolute atomic E-state index is 12.4. The number of hydrogen-bond acceptors (Lipinski definition) is 5. The van der Waals surface area contributed by atoms with Gasteiger partial charge in [0.15, 0.2) is 5.70 Å². The van der Waals surface area contributed by atoms with E-state index in [1.54, 1.807) is 25.3 Å². The lowest BCUT2D eigenvalue weighted by atomic mass is 10.1. The van der Waals surface area contributed by atoms with Crippen LogP contribution in [0.1, 0.15) is 16.0 Å². The Hall–Kier alpha value is -2.05. The molecule has 0 saturated carbocycles. The normalized spacial score (nSPS) is 15.2. The van der Waals surface area contributed by atoms with Gasteiger partial charge < -0.3 is 9.47 Å². The molecule has 0 unspecified atom stereocenters. The van der Waals surface area contributed by atoms with Crippen LogP contribution in [0.4, 0.5) is 0 Å². The highest BCUT2D eigenvalue weighted by Crippen LogP contribution is 2.42. The number of aliphatic imine (C=N–C) groups is 1. The summed E-state index contributed by atoms with van der Waals surface area (Å²) >= 11 is 20.1. The molecule has 1 aromatic heterocycles. The molecule has 0 N–H and O–H groups in total. The molecule has 0 spiro atoms. The quantitative estimate of drug-likeness (QED) is 0.335. The maximum Gasteiger partial charge on any atom is 0.363 e. The van der Waals surface area contributed by atoms with Crippen molar-refractivity contribution in [1.82, 2.24) is 0 Å². The Morgan fingerprint density at radius 3 is 2.75 bits per heavy atom. The number of nitrogens with zero attached hydrogens (tertiary/aromatic N) is 1. The van der Waals surface area contributed by atoms with E-state index in [2.05, 4.69) is 4.99 Å². The van der Waals surface area contributed by atoms with Gasteiger partial charge in [-0.3, -0.25) is 0 Å². The lowest BCUT2D eigenvalue weighted by Crippen LogP contribution is -2.04. The van der Waals surface area contributed by atoms with Crippen molar-refractivity contribution in [3.8, 4) is 5.75 Å². The van der Waals surface area contributed by atoms with E-state index in [4.69, 9.17) is 44.3 Å². The number of ether oxygens (including phenoxy) is 2. The average molecular weight is 453 g/mol. The minimum Gasteiger partial charge on any atom is -0.496 e. The second-order valence-electron chi connectivity index (χ2n) is 6.02. The summed E-state index contributed by atoms with van der Waals surface area (Å²) in [6.45, 7) is 1.91. The van der Waals surface area contributed by atoms with Crippen LogP contribution in [0.25, 0.3) is 16.2 Å². The van der Waals surface area contributed by atoms with Crippen LogP contribution < -0.4 is 4.74 Å². The Balaban J connectivity index is 1.79. The third-order valence-electron chi connectivity index (χ3n) is 4.30. The molecule has 0 saturated heterocycles. The number of carbonyl (C=O) groups is 1. The highest BCUT2D eigenvalue weighted by Gasteiger charge is 2.29. The summed E-state index contributed by atoms with van der Waals surface area (Å²) in [4.78, 5) is 17.2. The van der Waals surface area contributed by atoms with Crippen LogP contribution in [-0.2, 0) is 9.53 Å². The molecule has 3 aromatic rings. The van der Waals surface area contributed by atoms with Crippen molar-refractivity contribution >= 4 is 74.2 Å². The van der Waals surface area contributed by atoms with Crippen LogP contribution in [0.5, 0.6) is 5.75 Å². The third-order valence-corrected chi connectivity index (χ3v) is 6.43. The minimum atomic E-state index is -0.546. The van der Waals surface area contributed by atoms with Crippen molar-refractivity contribution in [2.75, 3.05) is 7.11 Å². The molecule has 1 aliphatic rings. The number of carbonyl (C=O) groups excluding carboxylic acids is 1. The first-order valence-corrected chi connectivity index (χ1v) is 10.1. The Morgan fingerprint density at radius 1 is 1.21 bits per heavy atom. The summed E-state index contributed by atoms with van der Waals surface area (Å²) in [6, 6.07) is 8.95. The number of methoxy groups -OCH3 is 1. The standard InChI is InChI=1S/C20H12Cl3NO3S/c1-9-10(4-3-5-14(9)26-2)6-13-20(25)27-19(24-13)18-17(23)16-12(22)7-11(21)8-15(16)28-18/h3-8H,1-2H3/b13-6-. The topological polar surface area (TPSA) is 47.9 Å². The fourth-order valence-corrected chi connectivity index (χ4v) is 5.21. The molecular weight excluding hydrogens is 441 g/mol. The summed E-state index contributed by atoms with van der Waals surface area (Å²) in [7, 11) is 1.60. The molecule has 0 atom stereocenters. The van der Waals surface area contributed by atoms with Gasteiger partial charge in [-0.25, -0.2) is 9.79 Å². The first-order chi connectivity index (χ1) is 13.4. The largest absolute Gasteiger partial charge is 0.496 e. The SMILES string of the molecule is COc1cccc(/C=C2\N=C(c3sc4cc(Cl)cc(Cl)c4c3Cl)OC2=O)c1C. The molecule has 4 nitrogen and oxygen atoms in total. The smallest absolute Gasteiger partial charge is 0.363 e. The summed E-state index contributed by atoms with van der Waals surface area (Å²) in [5.74, 6) is 0.328. The Bertz CT molecular complexity index is 1200. The van der Waals surface area contributed by atoms with Crippen LogP contribution in [0.2, 0.25) is 15.1 Å². The Kier molecular flexibility index (Phi) is 5.10. The van der Waals surface area contributed by atoms with Gasteiger partial charge in [0.05, 0.1) is 17.2 Å². The van der Waals surface area contributed by atoms with Gasteiger partial charge in [0.2, 0.25) is 5.90 Å². The molecule has 2 aromatic carbocycles. The summed E-state index contributed by atoms with van der Waals surface area (Å²) in [5, 5.41) is 1.98. The lowest BCUT2D eigenvalue weighted by Gasteiger charge is -2.06. The van der Waals surface area contributed by atoms with Gasteiger partial charge in [-0.15, -0.1) is 11.3 Å². The second-order valence-corrected chi connectivity index (χ2v) is 8.29. The number of fused-ring (bicyclic) bond motifs is 1. The molecular formula is C20H12Cl3NO3S. The molecule has 4 rings (SSSR count). The highest BCUT2D eigenvalue weighted by atomic mass is 35.5. The molecule has 28 heavy (non-hydrogen) atoms. The van der Waals surface area contributed by atoms with E-state index >= 15 is 0 Å². The van der Waals surface area contributed by atoms with Crippen LogP contribution in [-0.4, -0.2) is 19.0 Å².